The average molecular weight is 361 g/mol. The molecule has 0 saturated carbocycles. The Balaban J connectivity index is 1.52. The molecule has 1 aliphatic rings. The SMILES string of the molecule is CSc1nc(Cl)cc(N2CCN(C/C=C/c3ccccc3)CC2)n1. The van der Waals surface area contributed by atoms with Gasteiger partial charge < -0.3 is 4.90 Å². The molecule has 0 N–H and O–H groups in total. The maximum absolute atomic E-state index is 6.09. The van der Waals surface area contributed by atoms with E-state index in [1.54, 1.807) is 0 Å². The van der Waals surface area contributed by atoms with Gasteiger partial charge in [-0.1, -0.05) is 65.8 Å². The second-order valence-electron chi connectivity index (χ2n) is 5.64. The summed E-state index contributed by atoms with van der Waals surface area (Å²) < 4.78 is 0. The molecular formula is C18H21ClN4S. The van der Waals surface area contributed by atoms with E-state index < -0.39 is 0 Å². The fourth-order valence-electron chi connectivity index (χ4n) is 2.70. The first-order valence-corrected chi connectivity index (χ1v) is 9.62. The number of rotatable bonds is 5. The Labute approximate surface area is 152 Å². The monoisotopic (exact) mass is 360 g/mol. The van der Waals surface area contributed by atoms with Gasteiger partial charge in [0, 0.05) is 38.8 Å². The number of hydrogen-bond acceptors (Lipinski definition) is 5. The van der Waals surface area contributed by atoms with Gasteiger partial charge in [-0.2, -0.15) is 0 Å². The van der Waals surface area contributed by atoms with Crippen molar-refractivity contribution in [1.29, 1.82) is 0 Å². The third-order valence-electron chi connectivity index (χ3n) is 4.01. The molecular weight excluding hydrogens is 340 g/mol. The highest BCUT2D eigenvalue weighted by atomic mass is 35.5. The minimum Gasteiger partial charge on any atom is -0.354 e. The van der Waals surface area contributed by atoms with E-state index in [0.29, 0.717) is 5.15 Å². The van der Waals surface area contributed by atoms with E-state index in [-0.39, 0.29) is 0 Å². The van der Waals surface area contributed by atoms with E-state index >= 15 is 0 Å². The zero-order valence-electron chi connectivity index (χ0n) is 13.7. The van der Waals surface area contributed by atoms with E-state index in [9.17, 15) is 0 Å². The summed E-state index contributed by atoms with van der Waals surface area (Å²) in [5.41, 5.74) is 1.25. The van der Waals surface area contributed by atoms with E-state index in [0.717, 1.165) is 43.7 Å². The molecule has 1 fully saturated rings. The van der Waals surface area contributed by atoms with Crippen LogP contribution in [-0.2, 0) is 0 Å². The predicted octanol–water partition coefficient (Wildman–Crippen LogP) is 3.69. The standard InChI is InChI=1S/C18H21ClN4S/c1-24-18-20-16(19)14-17(21-18)23-12-10-22(11-13-23)9-5-8-15-6-3-2-4-7-15/h2-8,14H,9-13H2,1H3/b8-5+. The summed E-state index contributed by atoms with van der Waals surface area (Å²) in [5, 5.41) is 1.24. The fourth-order valence-corrected chi connectivity index (χ4v) is 3.30. The van der Waals surface area contributed by atoms with Crippen molar-refractivity contribution in [1.82, 2.24) is 14.9 Å². The lowest BCUT2D eigenvalue weighted by molar-refractivity contribution is 0.283. The molecule has 0 bridgehead atoms. The zero-order valence-corrected chi connectivity index (χ0v) is 15.3. The summed E-state index contributed by atoms with van der Waals surface area (Å²) in [5.74, 6) is 0.929. The Hall–Kier alpha value is -1.56. The van der Waals surface area contributed by atoms with Gasteiger partial charge in [-0.25, -0.2) is 9.97 Å². The molecule has 0 aliphatic carbocycles. The minimum atomic E-state index is 0.512. The smallest absolute Gasteiger partial charge is 0.190 e. The van der Waals surface area contributed by atoms with Crippen molar-refractivity contribution < 1.29 is 0 Å². The molecule has 126 valence electrons. The van der Waals surface area contributed by atoms with Crippen LogP contribution in [0, 0.1) is 0 Å². The normalized spacial score (nSPS) is 16.0. The van der Waals surface area contributed by atoms with E-state index in [4.69, 9.17) is 11.6 Å². The maximum Gasteiger partial charge on any atom is 0.190 e. The number of piperazine rings is 1. The van der Waals surface area contributed by atoms with Crippen LogP contribution in [0.2, 0.25) is 5.15 Å². The van der Waals surface area contributed by atoms with Crippen LogP contribution in [0.15, 0.2) is 47.6 Å². The Bertz CT molecular complexity index is 685. The van der Waals surface area contributed by atoms with Gasteiger partial charge in [0.2, 0.25) is 0 Å². The molecule has 1 aliphatic heterocycles. The molecule has 2 aromatic rings. The highest BCUT2D eigenvalue weighted by molar-refractivity contribution is 7.98. The molecule has 1 aromatic carbocycles. The van der Waals surface area contributed by atoms with Crippen LogP contribution in [-0.4, -0.2) is 53.8 Å². The van der Waals surface area contributed by atoms with Gasteiger partial charge in [-0.05, 0) is 11.8 Å². The number of benzene rings is 1. The van der Waals surface area contributed by atoms with Crippen LogP contribution in [0.5, 0.6) is 0 Å². The van der Waals surface area contributed by atoms with Gasteiger partial charge in [0.15, 0.2) is 5.16 Å². The number of halogens is 1. The van der Waals surface area contributed by atoms with Crippen molar-refractivity contribution >= 4 is 35.3 Å². The van der Waals surface area contributed by atoms with Crippen LogP contribution in [0.3, 0.4) is 0 Å². The third-order valence-corrected chi connectivity index (χ3v) is 4.75. The van der Waals surface area contributed by atoms with Crippen LogP contribution in [0.1, 0.15) is 5.56 Å². The van der Waals surface area contributed by atoms with E-state index in [2.05, 4.69) is 56.2 Å². The lowest BCUT2D eigenvalue weighted by Crippen LogP contribution is -2.46. The minimum absolute atomic E-state index is 0.512. The van der Waals surface area contributed by atoms with Gasteiger partial charge in [-0.3, -0.25) is 4.90 Å². The highest BCUT2D eigenvalue weighted by Gasteiger charge is 2.18. The highest BCUT2D eigenvalue weighted by Crippen LogP contribution is 2.21. The van der Waals surface area contributed by atoms with Crippen molar-refractivity contribution in [2.45, 2.75) is 5.16 Å². The lowest BCUT2D eigenvalue weighted by Gasteiger charge is -2.34. The van der Waals surface area contributed by atoms with Crippen LogP contribution in [0.4, 0.5) is 5.82 Å². The number of aromatic nitrogens is 2. The first-order chi connectivity index (χ1) is 11.7. The lowest BCUT2D eigenvalue weighted by atomic mass is 10.2. The molecule has 1 saturated heterocycles. The Morgan fingerprint density at radius 2 is 1.88 bits per heavy atom. The number of hydrogen-bond donors (Lipinski definition) is 0. The van der Waals surface area contributed by atoms with Crippen molar-refractivity contribution in [3.63, 3.8) is 0 Å². The summed E-state index contributed by atoms with van der Waals surface area (Å²) >= 11 is 7.61. The molecule has 0 spiro atoms. The zero-order chi connectivity index (χ0) is 16.8. The van der Waals surface area contributed by atoms with Gasteiger partial charge >= 0.3 is 0 Å². The van der Waals surface area contributed by atoms with Crippen molar-refractivity contribution in [2.24, 2.45) is 0 Å². The van der Waals surface area contributed by atoms with Crippen molar-refractivity contribution in [3.8, 4) is 0 Å². The summed E-state index contributed by atoms with van der Waals surface area (Å²) in [6.45, 7) is 4.94. The largest absolute Gasteiger partial charge is 0.354 e. The molecule has 0 amide bonds. The number of anilines is 1. The molecule has 24 heavy (non-hydrogen) atoms. The van der Waals surface area contributed by atoms with Crippen LogP contribution in [0.25, 0.3) is 6.08 Å². The molecule has 0 unspecified atom stereocenters. The third kappa shape index (κ3) is 4.72. The van der Waals surface area contributed by atoms with E-state index in [1.807, 2.05) is 18.4 Å². The van der Waals surface area contributed by atoms with Crippen molar-refractivity contribution in [2.75, 3.05) is 43.9 Å². The second kappa shape index (κ2) is 8.51. The summed E-state index contributed by atoms with van der Waals surface area (Å²) in [7, 11) is 0. The first kappa shape index (κ1) is 17.3. The summed E-state index contributed by atoms with van der Waals surface area (Å²) in [4.78, 5) is 13.5. The summed E-state index contributed by atoms with van der Waals surface area (Å²) in [6, 6.07) is 12.3. The fraction of sp³-hybridized carbons (Fsp3) is 0.333. The molecule has 0 atom stereocenters. The Kier molecular flexibility index (Phi) is 6.12. The van der Waals surface area contributed by atoms with Crippen LogP contribution < -0.4 is 4.90 Å². The Morgan fingerprint density at radius 3 is 2.58 bits per heavy atom. The molecule has 1 aromatic heterocycles. The predicted molar refractivity (Wildman–Crippen MR) is 103 cm³/mol. The number of nitrogens with zero attached hydrogens (tertiary/aromatic N) is 4. The van der Waals surface area contributed by atoms with Crippen molar-refractivity contribution in [3.05, 3.63) is 53.2 Å². The topological polar surface area (TPSA) is 32.3 Å². The van der Waals surface area contributed by atoms with Crippen LogP contribution >= 0.6 is 23.4 Å². The van der Waals surface area contributed by atoms with Gasteiger partial charge in [0.05, 0.1) is 0 Å². The summed E-state index contributed by atoms with van der Waals surface area (Å²) in [6.07, 6.45) is 6.38. The number of thioether (sulfide) groups is 1. The molecule has 6 heteroatoms. The van der Waals surface area contributed by atoms with E-state index in [1.165, 1.54) is 17.3 Å². The average Bonchev–Trinajstić information content (AvgIpc) is 2.62. The quantitative estimate of drug-likeness (QED) is 0.461. The van der Waals surface area contributed by atoms with Gasteiger partial charge in [0.1, 0.15) is 11.0 Å². The molecule has 0 radical (unpaired) electrons. The van der Waals surface area contributed by atoms with Gasteiger partial charge in [-0.15, -0.1) is 0 Å². The second-order valence-corrected chi connectivity index (χ2v) is 6.80. The molecule has 3 rings (SSSR count). The van der Waals surface area contributed by atoms with Gasteiger partial charge in [0.25, 0.3) is 0 Å². The molecule has 4 nitrogen and oxygen atoms in total. The first-order valence-electron chi connectivity index (χ1n) is 8.02. The Morgan fingerprint density at radius 1 is 1.12 bits per heavy atom. The maximum atomic E-state index is 6.09. The molecule has 2 heterocycles.